The lowest BCUT2D eigenvalue weighted by Gasteiger charge is -2.09. The van der Waals surface area contributed by atoms with Crippen molar-refractivity contribution >= 4 is 11.4 Å². The fraction of sp³-hybridized carbons (Fsp3) is 0.632. The van der Waals surface area contributed by atoms with Crippen LogP contribution in [0.1, 0.15) is 76.6 Å². The van der Waals surface area contributed by atoms with E-state index in [-0.39, 0.29) is 0 Å². The first-order chi connectivity index (χ1) is 10.7. The van der Waals surface area contributed by atoms with Crippen LogP contribution in [-0.4, -0.2) is 28.5 Å². The lowest BCUT2D eigenvalue weighted by atomic mass is 10.2. The number of pyridine rings is 1. The zero-order chi connectivity index (χ0) is 15.4. The van der Waals surface area contributed by atoms with E-state index in [1.54, 1.807) is 0 Å². The molecule has 1 aromatic rings. The molecule has 1 heterocycles. The summed E-state index contributed by atoms with van der Waals surface area (Å²) in [4.78, 5) is 14.5. The van der Waals surface area contributed by atoms with Crippen LogP contribution in [0, 0.1) is 0 Å². The Labute approximate surface area is 134 Å². The van der Waals surface area contributed by atoms with Gasteiger partial charge in [-0.25, -0.2) is 4.98 Å². The topological polar surface area (TPSA) is 37.6 Å². The zero-order valence-corrected chi connectivity index (χ0v) is 13.9. The highest BCUT2D eigenvalue weighted by molar-refractivity contribution is 6.00. The number of hydrogen-bond acceptors (Lipinski definition) is 3. The zero-order valence-electron chi connectivity index (χ0n) is 13.9. The van der Waals surface area contributed by atoms with Gasteiger partial charge in [0.25, 0.3) is 0 Å². The van der Waals surface area contributed by atoms with Crippen molar-refractivity contribution in [2.24, 2.45) is 9.98 Å². The molecular weight excluding hydrogens is 270 g/mol. The van der Waals surface area contributed by atoms with Crippen LogP contribution in [0.2, 0.25) is 0 Å². The molecule has 0 aromatic carbocycles. The molecule has 2 saturated carbocycles. The Kier molecular flexibility index (Phi) is 5.01. The van der Waals surface area contributed by atoms with E-state index in [2.05, 4.69) is 32.0 Å². The minimum Gasteiger partial charge on any atom is -0.284 e. The van der Waals surface area contributed by atoms with E-state index < -0.39 is 0 Å². The molecule has 3 nitrogen and oxygen atoms in total. The first kappa shape index (κ1) is 15.4. The lowest BCUT2D eigenvalue weighted by Crippen LogP contribution is -2.10. The molecule has 3 rings (SSSR count). The van der Waals surface area contributed by atoms with E-state index in [9.17, 15) is 0 Å². The smallest absolute Gasteiger partial charge is 0.0845 e. The molecule has 0 N–H and O–H groups in total. The Bertz CT molecular complexity index is 515. The maximum atomic E-state index is 4.86. The van der Waals surface area contributed by atoms with Gasteiger partial charge in [-0.3, -0.25) is 9.98 Å². The molecule has 3 heteroatoms. The summed E-state index contributed by atoms with van der Waals surface area (Å²) in [5.41, 5.74) is 4.15. The second-order valence-corrected chi connectivity index (χ2v) is 6.71. The summed E-state index contributed by atoms with van der Waals surface area (Å²) < 4.78 is 0. The van der Waals surface area contributed by atoms with Crippen LogP contribution in [0.25, 0.3) is 0 Å². The molecule has 0 spiro atoms. The average Bonchev–Trinajstić information content (AvgIpc) is 3.21. The van der Waals surface area contributed by atoms with E-state index in [1.807, 2.05) is 0 Å². The van der Waals surface area contributed by atoms with Crippen LogP contribution in [0.5, 0.6) is 0 Å². The highest BCUT2D eigenvalue weighted by Gasteiger charge is 2.16. The van der Waals surface area contributed by atoms with Crippen molar-refractivity contribution in [2.45, 2.75) is 77.3 Å². The number of aliphatic imine (C=N–C) groups is 2. The Balaban J connectivity index is 1.76. The molecule has 0 unspecified atom stereocenters. The number of hydrogen-bond donors (Lipinski definition) is 0. The maximum Gasteiger partial charge on any atom is 0.0845 e. The minimum atomic E-state index is 0.513. The molecule has 0 aliphatic heterocycles. The van der Waals surface area contributed by atoms with Crippen LogP contribution < -0.4 is 0 Å². The van der Waals surface area contributed by atoms with Crippen molar-refractivity contribution in [1.29, 1.82) is 0 Å². The highest BCUT2D eigenvalue weighted by atomic mass is 14.9. The summed E-state index contributed by atoms with van der Waals surface area (Å²) >= 11 is 0. The quantitative estimate of drug-likeness (QED) is 0.749. The SMILES string of the molecule is CC(=NC1CCCC1)c1cccc(C(C)=NC2CCCC2)n1. The van der Waals surface area contributed by atoms with Gasteiger partial charge in [0.05, 0.1) is 34.9 Å². The maximum absolute atomic E-state index is 4.86. The van der Waals surface area contributed by atoms with E-state index in [1.165, 1.54) is 51.4 Å². The largest absolute Gasteiger partial charge is 0.284 e. The van der Waals surface area contributed by atoms with Crippen LogP contribution in [0.3, 0.4) is 0 Å². The third kappa shape index (κ3) is 3.82. The van der Waals surface area contributed by atoms with Crippen LogP contribution in [-0.2, 0) is 0 Å². The van der Waals surface area contributed by atoms with E-state index in [4.69, 9.17) is 15.0 Å². The summed E-state index contributed by atoms with van der Waals surface area (Å²) in [5, 5.41) is 0. The van der Waals surface area contributed by atoms with E-state index in [0.717, 1.165) is 22.8 Å². The second kappa shape index (κ2) is 7.17. The van der Waals surface area contributed by atoms with Gasteiger partial charge in [0, 0.05) is 0 Å². The Morgan fingerprint density at radius 1 is 0.818 bits per heavy atom. The predicted octanol–water partition coefficient (Wildman–Crippen LogP) is 4.58. The molecule has 118 valence electrons. The molecule has 0 saturated heterocycles. The molecule has 2 fully saturated rings. The van der Waals surface area contributed by atoms with Crippen LogP contribution in [0.4, 0.5) is 0 Å². The average molecular weight is 297 g/mol. The predicted molar refractivity (Wildman–Crippen MR) is 93.2 cm³/mol. The minimum absolute atomic E-state index is 0.513. The van der Waals surface area contributed by atoms with Crippen molar-refractivity contribution in [3.8, 4) is 0 Å². The summed E-state index contributed by atoms with van der Waals surface area (Å²) in [6, 6.07) is 7.25. The molecule has 2 aliphatic carbocycles. The van der Waals surface area contributed by atoms with Crippen molar-refractivity contribution in [3.63, 3.8) is 0 Å². The Morgan fingerprint density at radius 3 is 1.64 bits per heavy atom. The highest BCUT2D eigenvalue weighted by Crippen LogP contribution is 2.22. The van der Waals surface area contributed by atoms with Crippen LogP contribution in [0.15, 0.2) is 28.2 Å². The summed E-state index contributed by atoms with van der Waals surface area (Å²) in [6.45, 7) is 4.18. The lowest BCUT2D eigenvalue weighted by molar-refractivity contribution is 0.705. The first-order valence-corrected chi connectivity index (χ1v) is 8.79. The first-order valence-electron chi connectivity index (χ1n) is 8.79. The van der Waals surface area contributed by atoms with Crippen LogP contribution >= 0.6 is 0 Å². The Hall–Kier alpha value is -1.51. The van der Waals surface area contributed by atoms with Crippen molar-refractivity contribution in [2.75, 3.05) is 0 Å². The van der Waals surface area contributed by atoms with Gasteiger partial charge in [0.2, 0.25) is 0 Å². The molecule has 0 amide bonds. The molecule has 22 heavy (non-hydrogen) atoms. The van der Waals surface area contributed by atoms with Gasteiger partial charge >= 0.3 is 0 Å². The van der Waals surface area contributed by atoms with Crippen molar-refractivity contribution in [1.82, 2.24) is 4.98 Å². The van der Waals surface area contributed by atoms with Gasteiger partial charge < -0.3 is 0 Å². The van der Waals surface area contributed by atoms with Gasteiger partial charge in [-0.15, -0.1) is 0 Å². The molecule has 0 atom stereocenters. The molecule has 2 aliphatic rings. The molecule has 0 radical (unpaired) electrons. The number of rotatable bonds is 4. The van der Waals surface area contributed by atoms with Gasteiger partial charge in [-0.05, 0) is 51.7 Å². The van der Waals surface area contributed by atoms with Gasteiger partial charge in [0.15, 0.2) is 0 Å². The van der Waals surface area contributed by atoms with Gasteiger partial charge in [-0.2, -0.15) is 0 Å². The van der Waals surface area contributed by atoms with Crippen molar-refractivity contribution in [3.05, 3.63) is 29.6 Å². The monoisotopic (exact) mass is 297 g/mol. The van der Waals surface area contributed by atoms with Crippen molar-refractivity contribution < 1.29 is 0 Å². The third-order valence-electron chi connectivity index (χ3n) is 4.89. The summed E-state index contributed by atoms with van der Waals surface area (Å²) in [7, 11) is 0. The van der Waals surface area contributed by atoms with Gasteiger partial charge in [-0.1, -0.05) is 31.7 Å². The molecular formula is C19H27N3. The summed E-state index contributed by atoms with van der Waals surface area (Å²) in [6.07, 6.45) is 10.2. The van der Waals surface area contributed by atoms with E-state index >= 15 is 0 Å². The fourth-order valence-corrected chi connectivity index (χ4v) is 3.58. The van der Waals surface area contributed by atoms with Gasteiger partial charge in [0.1, 0.15) is 0 Å². The number of aromatic nitrogens is 1. The van der Waals surface area contributed by atoms with E-state index in [0.29, 0.717) is 12.1 Å². The second-order valence-electron chi connectivity index (χ2n) is 6.71. The third-order valence-corrected chi connectivity index (χ3v) is 4.89. The standard InChI is InChI=1S/C19H27N3/c1-14(20-16-8-3-4-9-16)18-12-7-13-19(22-18)15(2)21-17-10-5-6-11-17/h7,12-13,16-17H,3-6,8-11H2,1-2H3. The fourth-order valence-electron chi connectivity index (χ4n) is 3.58. The molecule has 0 bridgehead atoms. The number of nitrogens with zero attached hydrogens (tertiary/aromatic N) is 3. The molecule has 1 aromatic heterocycles. The normalized spacial score (nSPS) is 21.7. The Morgan fingerprint density at radius 2 is 1.23 bits per heavy atom. The summed E-state index contributed by atoms with van der Waals surface area (Å²) in [5.74, 6) is 0.